The molecule has 0 saturated carbocycles. The molecule has 0 saturated heterocycles. The molecule has 0 fully saturated rings. The van der Waals surface area contributed by atoms with Gasteiger partial charge in [-0.15, -0.1) is 0 Å². The first-order valence-corrected chi connectivity index (χ1v) is 9.23. The first-order valence-electron chi connectivity index (χ1n) is 8.35. The Balaban J connectivity index is 2.60. The van der Waals surface area contributed by atoms with Gasteiger partial charge in [-0.3, -0.25) is 5.14 Å². The topological polar surface area (TPSA) is 46.2 Å². The van der Waals surface area contributed by atoms with Crippen LogP contribution in [0, 0.1) is 0 Å². The van der Waals surface area contributed by atoms with Crippen molar-refractivity contribution in [1.82, 2.24) is 0 Å². The van der Waals surface area contributed by atoms with Crippen molar-refractivity contribution in [2.75, 3.05) is 0 Å². The van der Waals surface area contributed by atoms with Gasteiger partial charge in [0.15, 0.2) is 0 Å². The van der Waals surface area contributed by atoms with E-state index in [-0.39, 0.29) is 10.8 Å². The fourth-order valence-corrected chi connectivity index (χ4v) is 3.25. The molecular weight excluding hydrogens is 314 g/mol. The molecule has 0 aliphatic carbocycles. The monoisotopic (exact) mass is 343 g/mol. The average Bonchev–Trinajstić information content (AvgIpc) is 2.47. The summed E-state index contributed by atoms with van der Waals surface area (Å²) in [6.45, 7) is 13.0. The van der Waals surface area contributed by atoms with Gasteiger partial charge in [0.25, 0.3) is 0 Å². The number of aromatic hydroxyl groups is 1. The van der Waals surface area contributed by atoms with E-state index in [4.69, 9.17) is 5.14 Å². The van der Waals surface area contributed by atoms with E-state index in [1.807, 2.05) is 18.2 Å². The van der Waals surface area contributed by atoms with Crippen LogP contribution in [-0.2, 0) is 17.3 Å². The van der Waals surface area contributed by atoms with Crippen molar-refractivity contribution in [3.05, 3.63) is 58.7 Å². The molecule has 2 aromatic carbocycles. The highest BCUT2D eigenvalue weighted by Gasteiger charge is 2.25. The van der Waals surface area contributed by atoms with Gasteiger partial charge in [-0.2, -0.15) is 0 Å². The maximum atomic E-state index is 10.9. The lowest BCUT2D eigenvalue weighted by atomic mass is 9.78. The molecular formula is C21H29NOS. The molecule has 0 heterocycles. The van der Waals surface area contributed by atoms with Crippen LogP contribution in [0.15, 0.2) is 41.3 Å². The average molecular weight is 344 g/mol. The van der Waals surface area contributed by atoms with Crippen molar-refractivity contribution in [2.45, 2.75) is 63.7 Å². The van der Waals surface area contributed by atoms with E-state index in [9.17, 15) is 5.11 Å². The summed E-state index contributed by atoms with van der Waals surface area (Å²) in [4.78, 5) is 1.05. The van der Waals surface area contributed by atoms with Crippen molar-refractivity contribution in [3.63, 3.8) is 0 Å². The van der Waals surface area contributed by atoms with Gasteiger partial charge in [-0.25, -0.2) is 0 Å². The number of rotatable bonds is 3. The summed E-state index contributed by atoms with van der Waals surface area (Å²) in [7, 11) is 0. The molecule has 0 unspecified atom stereocenters. The molecule has 0 bridgehead atoms. The minimum Gasteiger partial charge on any atom is -0.507 e. The molecule has 3 heteroatoms. The highest BCUT2D eigenvalue weighted by molar-refractivity contribution is 7.97. The Bertz CT molecular complexity index is 724. The molecule has 0 aromatic heterocycles. The van der Waals surface area contributed by atoms with Gasteiger partial charge in [0.2, 0.25) is 0 Å². The number of phenols is 1. The first-order chi connectivity index (χ1) is 11.0. The van der Waals surface area contributed by atoms with Gasteiger partial charge in [-0.05, 0) is 51.1 Å². The van der Waals surface area contributed by atoms with Gasteiger partial charge in [0.05, 0.1) is 0 Å². The highest BCUT2D eigenvalue weighted by Crippen LogP contribution is 2.39. The third-order valence-electron chi connectivity index (χ3n) is 4.34. The molecule has 0 aliphatic rings. The summed E-state index contributed by atoms with van der Waals surface area (Å²) < 4.78 is 0. The van der Waals surface area contributed by atoms with Crippen LogP contribution in [-0.4, -0.2) is 5.11 Å². The lowest BCUT2D eigenvalue weighted by Gasteiger charge is -2.27. The largest absolute Gasteiger partial charge is 0.507 e. The zero-order valence-corrected chi connectivity index (χ0v) is 16.4. The smallest absolute Gasteiger partial charge is 0.122 e. The molecule has 0 atom stereocenters. The molecule has 0 spiro atoms. The van der Waals surface area contributed by atoms with E-state index in [1.165, 1.54) is 17.5 Å². The fourth-order valence-electron chi connectivity index (χ4n) is 2.80. The van der Waals surface area contributed by atoms with Crippen molar-refractivity contribution in [1.29, 1.82) is 0 Å². The predicted octanol–water partition coefficient (Wildman–Crippen LogP) is 5.54. The second-order valence-electron chi connectivity index (χ2n) is 8.43. The van der Waals surface area contributed by atoms with Crippen LogP contribution < -0.4 is 5.14 Å². The van der Waals surface area contributed by atoms with Gasteiger partial charge >= 0.3 is 0 Å². The third-order valence-corrected chi connectivity index (χ3v) is 5.00. The van der Waals surface area contributed by atoms with Crippen LogP contribution in [0.4, 0.5) is 0 Å². The summed E-state index contributed by atoms with van der Waals surface area (Å²) in [5, 5.41) is 16.7. The minimum absolute atomic E-state index is 0.0323. The van der Waals surface area contributed by atoms with E-state index >= 15 is 0 Å². The Morgan fingerprint density at radius 2 is 1.54 bits per heavy atom. The summed E-state index contributed by atoms with van der Waals surface area (Å²) in [6, 6.07) is 12.4. The zero-order chi connectivity index (χ0) is 18.1. The summed E-state index contributed by atoms with van der Waals surface area (Å²) in [5.41, 5.74) is 4.29. The molecule has 2 rings (SSSR count). The van der Waals surface area contributed by atoms with Crippen molar-refractivity contribution >= 4 is 11.9 Å². The zero-order valence-electron chi connectivity index (χ0n) is 15.6. The SMILES string of the molecule is CC(C)(C)c1cc(Cc2ccccc2SN)c(O)c(C(C)(C)C)c1. The van der Waals surface area contributed by atoms with Crippen LogP contribution >= 0.6 is 11.9 Å². The number of benzene rings is 2. The normalized spacial score (nSPS) is 12.5. The Kier molecular flexibility index (Phi) is 5.36. The second-order valence-corrected chi connectivity index (χ2v) is 9.11. The van der Waals surface area contributed by atoms with Crippen LogP contribution in [0.2, 0.25) is 0 Å². The molecule has 0 aliphatic heterocycles. The number of hydrogen-bond donors (Lipinski definition) is 2. The molecule has 24 heavy (non-hydrogen) atoms. The van der Waals surface area contributed by atoms with E-state index < -0.39 is 0 Å². The molecule has 0 amide bonds. The highest BCUT2D eigenvalue weighted by atomic mass is 32.2. The quantitative estimate of drug-likeness (QED) is 0.719. The summed E-state index contributed by atoms with van der Waals surface area (Å²) in [5.74, 6) is 0.410. The van der Waals surface area contributed by atoms with Crippen LogP contribution in [0.25, 0.3) is 0 Å². The van der Waals surface area contributed by atoms with Crippen molar-refractivity contribution in [2.24, 2.45) is 5.14 Å². The lowest BCUT2D eigenvalue weighted by Crippen LogP contribution is -2.17. The third kappa shape index (κ3) is 4.14. The molecule has 0 radical (unpaired) electrons. The van der Waals surface area contributed by atoms with Gasteiger partial charge in [0.1, 0.15) is 5.75 Å². The van der Waals surface area contributed by atoms with Crippen LogP contribution in [0.5, 0.6) is 5.75 Å². The van der Waals surface area contributed by atoms with Gasteiger partial charge in [0, 0.05) is 11.3 Å². The summed E-state index contributed by atoms with van der Waals surface area (Å²) in [6.07, 6.45) is 0.680. The Hall–Kier alpha value is -1.45. The van der Waals surface area contributed by atoms with Gasteiger partial charge < -0.3 is 5.11 Å². The maximum Gasteiger partial charge on any atom is 0.122 e. The molecule has 130 valence electrons. The first kappa shape index (κ1) is 18.9. The summed E-state index contributed by atoms with van der Waals surface area (Å²) >= 11 is 1.26. The number of hydrogen-bond acceptors (Lipinski definition) is 3. The number of phenolic OH excluding ortho intramolecular Hbond substituents is 1. The predicted molar refractivity (Wildman–Crippen MR) is 105 cm³/mol. The van der Waals surface area contributed by atoms with Gasteiger partial charge in [-0.1, -0.05) is 71.9 Å². The number of nitrogens with two attached hydrogens (primary N) is 1. The molecule has 3 N–H and O–H groups in total. The minimum atomic E-state index is -0.109. The lowest BCUT2D eigenvalue weighted by molar-refractivity contribution is 0.439. The Morgan fingerprint density at radius 3 is 2.08 bits per heavy atom. The maximum absolute atomic E-state index is 10.9. The molecule has 2 nitrogen and oxygen atoms in total. The molecule has 2 aromatic rings. The Labute approximate surface area is 150 Å². The second kappa shape index (κ2) is 6.81. The van der Waals surface area contributed by atoms with E-state index in [2.05, 4.69) is 59.7 Å². The van der Waals surface area contributed by atoms with E-state index in [1.54, 1.807) is 0 Å². The van der Waals surface area contributed by atoms with E-state index in [0.29, 0.717) is 12.2 Å². The van der Waals surface area contributed by atoms with E-state index in [0.717, 1.165) is 21.6 Å². The van der Waals surface area contributed by atoms with Crippen LogP contribution in [0.3, 0.4) is 0 Å². The van der Waals surface area contributed by atoms with Crippen molar-refractivity contribution in [3.8, 4) is 5.75 Å². The standard InChI is InChI=1S/C21H29NOS/c1-20(2,3)16-12-15(19(23)17(13-16)21(4,5)6)11-14-9-7-8-10-18(14)24-22/h7-10,12-13,23H,11,22H2,1-6H3. The van der Waals surface area contributed by atoms with Crippen molar-refractivity contribution < 1.29 is 5.11 Å². The van der Waals surface area contributed by atoms with Crippen LogP contribution in [0.1, 0.15) is 63.8 Å². The Morgan fingerprint density at radius 1 is 0.917 bits per heavy atom. The fraction of sp³-hybridized carbons (Fsp3) is 0.429.